The summed E-state index contributed by atoms with van der Waals surface area (Å²) in [7, 11) is -3.79. The largest absolute Gasteiger partial charge is 0.325 e. The summed E-state index contributed by atoms with van der Waals surface area (Å²) < 4.78 is 30.2. The molecule has 0 amide bonds. The highest BCUT2D eigenvalue weighted by atomic mass is 32.2. The fourth-order valence-corrected chi connectivity index (χ4v) is 4.28. The second kappa shape index (κ2) is 6.52. The van der Waals surface area contributed by atoms with Crippen molar-refractivity contribution in [1.29, 1.82) is 5.26 Å². The van der Waals surface area contributed by atoms with Gasteiger partial charge in [-0.05, 0) is 57.2 Å². The number of benzene rings is 1. The summed E-state index contributed by atoms with van der Waals surface area (Å²) in [6, 6.07) is 11.5. The Morgan fingerprint density at radius 1 is 1.23 bits per heavy atom. The van der Waals surface area contributed by atoms with Crippen molar-refractivity contribution in [1.82, 2.24) is 19.3 Å². The van der Waals surface area contributed by atoms with Gasteiger partial charge in [0, 0.05) is 12.7 Å². The average molecular weight is 369 g/mol. The molecule has 8 heteroatoms. The van der Waals surface area contributed by atoms with Gasteiger partial charge in [0.25, 0.3) is 0 Å². The molecular weight excluding hydrogens is 350 g/mol. The van der Waals surface area contributed by atoms with E-state index in [1.807, 2.05) is 29.7 Å². The highest BCUT2D eigenvalue weighted by Gasteiger charge is 2.33. The molecular formula is C18H19N5O2S. The maximum absolute atomic E-state index is 12.8. The fraction of sp³-hybridized carbons (Fsp3) is 0.278. The Labute approximate surface area is 152 Å². The summed E-state index contributed by atoms with van der Waals surface area (Å²) in [4.78, 5) is 8.90. The van der Waals surface area contributed by atoms with Crippen molar-refractivity contribution in [2.24, 2.45) is 0 Å². The zero-order chi connectivity index (χ0) is 18.9. The Hall–Kier alpha value is -2.76. The summed E-state index contributed by atoms with van der Waals surface area (Å²) in [5, 5.41) is 8.86. The van der Waals surface area contributed by atoms with Gasteiger partial charge in [-0.3, -0.25) is 0 Å². The Morgan fingerprint density at radius 2 is 1.92 bits per heavy atom. The minimum absolute atomic E-state index is 0.0989. The molecule has 2 aromatic heterocycles. The molecule has 0 saturated carbocycles. The standard InChI is InChI=1S/C18H19N5O2S/c1-4-23-15-6-5-11-20-16(15)21-17(23)18(2,3)22-26(24,25)14-9-7-13(12-19)8-10-14/h5-11,22H,4H2,1-3H3. The molecule has 0 bridgehead atoms. The van der Waals surface area contributed by atoms with Crippen LogP contribution in [0.25, 0.3) is 11.2 Å². The van der Waals surface area contributed by atoms with Gasteiger partial charge in [0.05, 0.1) is 27.6 Å². The number of imidazole rings is 1. The number of fused-ring (bicyclic) bond motifs is 1. The number of nitriles is 1. The van der Waals surface area contributed by atoms with Crippen molar-refractivity contribution < 1.29 is 8.42 Å². The molecule has 0 unspecified atom stereocenters. The molecule has 3 rings (SSSR count). The minimum atomic E-state index is -3.79. The van der Waals surface area contributed by atoms with Crippen molar-refractivity contribution in [3.05, 3.63) is 54.0 Å². The second-order valence-electron chi connectivity index (χ2n) is 6.39. The first kappa shape index (κ1) is 18.0. The fourth-order valence-electron chi connectivity index (χ4n) is 2.91. The topological polar surface area (TPSA) is 101 Å². The van der Waals surface area contributed by atoms with E-state index in [0.29, 0.717) is 23.6 Å². The first-order chi connectivity index (χ1) is 12.3. The zero-order valence-corrected chi connectivity index (χ0v) is 15.6. The van der Waals surface area contributed by atoms with Crippen molar-refractivity contribution in [3.63, 3.8) is 0 Å². The van der Waals surface area contributed by atoms with Gasteiger partial charge in [0.1, 0.15) is 5.82 Å². The van der Waals surface area contributed by atoms with E-state index in [1.54, 1.807) is 20.0 Å². The molecule has 0 aliphatic heterocycles. The lowest BCUT2D eigenvalue weighted by Gasteiger charge is -2.26. The summed E-state index contributed by atoms with van der Waals surface area (Å²) in [6.07, 6.45) is 1.66. The minimum Gasteiger partial charge on any atom is -0.325 e. The van der Waals surface area contributed by atoms with E-state index in [2.05, 4.69) is 14.7 Å². The monoisotopic (exact) mass is 369 g/mol. The number of nitrogens with one attached hydrogen (secondary N) is 1. The molecule has 26 heavy (non-hydrogen) atoms. The van der Waals surface area contributed by atoms with Gasteiger partial charge in [0.2, 0.25) is 10.0 Å². The molecule has 7 nitrogen and oxygen atoms in total. The molecule has 2 heterocycles. The Morgan fingerprint density at radius 3 is 2.54 bits per heavy atom. The van der Waals surface area contributed by atoms with Gasteiger partial charge >= 0.3 is 0 Å². The Balaban J connectivity index is 2.01. The highest BCUT2D eigenvalue weighted by Crippen LogP contribution is 2.26. The van der Waals surface area contributed by atoms with Crippen LogP contribution in [0.2, 0.25) is 0 Å². The van der Waals surface area contributed by atoms with Gasteiger partial charge < -0.3 is 4.57 Å². The van der Waals surface area contributed by atoms with E-state index >= 15 is 0 Å². The summed E-state index contributed by atoms with van der Waals surface area (Å²) in [5.41, 5.74) is 0.886. The van der Waals surface area contributed by atoms with Gasteiger partial charge in [-0.1, -0.05) is 0 Å². The highest BCUT2D eigenvalue weighted by molar-refractivity contribution is 7.89. The summed E-state index contributed by atoms with van der Waals surface area (Å²) in [6.45, 7) is 6.14. The number of nitrogens with zero attached hydrogens (tertiary/aromatic N) is 4. The molecule has 134 valence electrons. The van der Waals surface area contributed by atoms with Crippen LogP contribution in [0.4, 0.5) is 0 Å². The van der Waals surface area contributed by atoms with E-state index in [1.165, 1.54) is 24.3 Å². The third-order valence-corrected chi connectivity index (χ3v) is 5.75. The SMILES string of the molecule is CCn1c(C(C)(C)NS(=O)(=O)c2ccc(C#N)cc2)nc2ncccc21. The van der Waals surface area contributed by atoms with E-state index < -0.39 is 15.6 Å². The molecule has 1 aromatic carbocycles. The summed E-state index contributed by atoms with van der Waals surface area (Å²) in [5.74, 6) is 0.589. The molecule has 0 spiro atoms. The zero-order valence-electron chi connectivity index (χ0n) is 14.8. The van der Waals surface area contributed by atoms with Crippen LogP contribution in [0, 0.1) is 11.3 Å². The van der Waals surface area contributed by atoms with Gasteiger partial charge in [-0.2, -0.15) is 9.98 Å². The van der Waals surface area contributed by atoms with Crippen LogP contribution in [0.15, 0.2) is 47.5 Å². The van der Waals surface area contributed by atoms with Crippen molar-refractivity contribution in [2.75, 3.05) is 0 Å². The predicted octanol–water partition coefficient (Wildman–Crippen LogP) is 2.54. The molecule has 0 aliphatic rings. The number of rotatable bonds is 5. The molecule has 1 N–H and O–H groups in total. The molecule has 3 aromatic rings. The quantitative estimate of drug-likeness (QED) is 0.745. The first-order valence-electron chi connectivity index (χ1n) is 8.14. The number of aromatic nitrogens is 3. The van der Waals surface area contributed by atoms with E-state index in [9.17, 15) is 8.42 Å². The van der Waals surface area contributed by atoms with Crippen molar-refractivity contribution in [2.45, 2.75) is 37.8 Å². The number of aryl methyl sites for hydroxylation is 1. The van der Waals surface area contributed by atoms with E-state index in [0.717, 1.165) is 5.52 Å². The average Bonchev–Trinajstić information content (AvgIpc) is 3.00. The van der Waals surface area contributed by atoms with Crippen LogP contribution in [0.1, 0.15) is 32.2 Å². The van der Waals surface area contributed by atoms with Crippen LogP contribution in [0.3, 0.4) is 0 Å². The lowest BCUT2D eigenvalue weighted by Crippen LogP contribution is -2.42. The normalized spacial score (nSPS) is 12.2. The van der Waals surface area contributed by atoms with Crippen LogP contribution in [-0.2, 0) is 22.1 Å². The van der Waals surface area contributed by atoms with Crippen LogP contribution >= 0.6 is 0 Å². The van der Waals surface area contributed by atoms with Gasteiger partial charge in [-0.15, -0.1) is 0 Å². The third-order valence-electron chi connectivity index (χ3n) is 4.08. The smallest absolute Gasteiger partial charge is 0.241 e. The second-order valence-corrected chi connectivity index (χ2v) is 8.07. The van der Waals surface area contributed by atoms with E-state index in [-0.39, 0.29) is 4.90 Å². The Bertz CT molecular complexity index is 1090. The molecule has 0 fully saturated rings. The lowest BCUT2D eigenvalue weighted by atomic mass is 10.1. The van der Waals surface area contributed by atoms with E-state index in [4.69, 9.17) is 5.26 Å². The maximum Gasteiger partial charge on any atom is 0.241 e. The lowest BCUT2D eigenvalue weighted by molar-refractivity contribution is 0.429. The first-order valence-corrected chi connectivity index (χ1v) is 9.62. The molecule has 0 saturated heterocycles. The summed E-state index contributed by atoms with van der Waals surface area (Å²) >= 11 is 0. The molecule has 0 radical (unpaired) electrons. The van der Waals surface area contributed by atoms with Crippen LogP contribution in [0.5, 0.6) is 0 Å². The number of sulfonamides is 1. The van der Waals surface area contributed by atoms with Crippen molar-refractivity contribution in [3.8, 4) is 6.07 Å². The number of hydrogen-bond acceptors (Lipinski definition) is 5. The van der Waals surface area contributed by atoms with Gasteiger partial charge in [0.15, 0.2) is 5.65 Å². The predicted molar refractivity (Wildman–Crippen MR) is 97.7 cm³/mol. The van der Waals surface area contributed by atoms with Crippen LogP contribution in [-0.4, -0.2) is 23.0 Å². The van der Waals surface area contributed by atoms with Crippen LogP contribution < -0.4 is 4.72 Å². The number of hydrogen-bond donors (Lipinski definition) is 1. The van der Waals surface area contributed by atoms with Gasteiger partial charge in [-0.25, -0.2) is 18.4 Å². The molecule has 0 aliphatic carbocycles. The third kappa shape index (κ3) is 3.19. The maximum atomic E-state index is 12.8. The number of pyridine rings is 1. The van der Waals surface area contributed by atoms with Crippen molar-refractivity contribution >= 4 is 21.2 Å². The Kier molecular flexibility index (Phi) is 4.52. The molecule has 0 atom stereocenters.